The molecule has 0 bridgehead atoms. The standard InChI is InChI=1S/C53H83NO18/c1-17-39-28(6)30(8)47(50(67-39)66-38-22-20-37(60-15)21-23-38)71-49-43(54-33(11)55)32(10)44(40(18-2)68-49)70-51-46(64-35(13)57)31(9)29(7)42(69-51)25-62-53(52(59)61-16)24-26(4)27(5)45(72-53)48(65-36(14)58)41(19-3)63-34(12)56/h20-23,26-32,39-51H,17-19,24-25H2,1-16H3,(H,54,55)/t26-,27-,28+,29-,30+,31+,32-,39?,40?,41-,42?,43?,44+,45?,46?,47?,48-,49+,50+,51+,53-/m1/s1. The van der Waals surface area contributed by atoms with Gasteiger partial charge in [-0.1, -0.05) is 69.2 Å². The van der Waals surface area contributed by atoms with Crippen LogP contribution >= 0.6 is 0 Å². The molecule has 1 aromatic rings. The topological polar surface area (TPSA) is 217 Å². The number of hydrogen-bond acceptors (Lipinski definition) is 18. The second-order valence-electron chi connectivity index (χ2n) is 20.3. The largest absolute Gasteiger partial charge is 0.497 e. The first-order chi connectivity index (χ1) is 34.0. The molecule has 7 unspecified atom stereocenters. The minimum absolute atomic E-state index is 0.0558. The van der Waals surface area contributed by atoms with Crippen LogP contribution in [0.4, 0.5) is 0 Å². The molecule has 1 aromatic carbocycles. The highest BCUT2D eigenvalue weighted by Crippen LogP contribution is 2.44. The normalized spacial score (nSPS) is 37.8. The SMILES string of the molecule is CCC1O[C@H](Oc2ccc(OC)cc2)C(O[C@@H]2OC(CC)[C@@H](O[C@@H]3OC(CO[C@]4(C(=O)OC)C[C@@H](C)[C@@H](C)C([C@H](OC(C)=O)[C@@H](CC)OC(C)=O)O4)[C@H](C)[C@H](C)C3OC(C)=O)[C@H](C)C2NC(C)=O)[C@@H](C)[C@@H]1C. The van der Waals surface area contributed by atoms with Crippen molar-refractivity contribution in [2.24, 2.45) is 41.4 Å². The smallest absolute Gasteiger partial charge is 0.366 e. The molecule has 4 aliphatic heterocycles. The molecule has 0 spiro atoms. The number of amides is 1. The zero-order valence-electron chi connectivity index (χ0n) is 45.2. The summed E-state index contributed by atoms with van der Waals surface area (Å²) < 4.78 is 81.8. The van der Waals surface area contributed by atoms with Gasteiger partial charge in [-0.3, -0.25) is 19.2 Å². The Morgan fingerprint density at radius 3 is 1.78 bits per heavy atom. The maximum Gasteiger partial charge on any atom is 0.366 e. The molecular formula is C53H83NO18. The molecule has 408 valence electrons. The van der Waals surface area contributed by atoms with Gasteiger partial charge in [0.05, 0.1) is 51.3 Å². The number of carbonyl (C=O) groups excluding carboxylic acids is 5. The van der Waals surface area contributed by atoms with E-state index in [0.29, 0.717) is 17.9 Å². The monoisotopic (exact) mass is 1020 g/mol. The average molecular weight is 1020 g/mol. The van der Waals surface area contributed by atoms with Crippen molar-refractivity contribution in [2.45, 2.75) is 208 Å². The van der Waals surface area contributed by atoms with Crippen LogP contribution < -0.4 is 14.8 Å². The van der Waals surface area contributed by atoms with E-state index in [1.165, 1.54) is 34.8 Å². The summed E-state index contributed by atoms with van der Waals surface area (Å²) >= 11 is 0. The molecule has 19 nitrogen and oxygen atoms in total. The van der Waals surface area contributed by atoms with Crippen molar-refractivity contribution in [1.82, 2.24) is 5.32 Å². The highest BCUT2D eigenvalue weighted by Gasteiger charge is 2.57. The van der Waals surface area contributed by atoms with Crippen molar-refractivity contribution in [3.05, 3.63) is 24.3 Å². The summed E-state index contributed by atoms with van der Waals surface area (Å²) in [6.45, 7) is 24.7. The molecule has 21 atom stereocenters. The van der Waals surface area contributed by atoms with Gasteiger partial charge < -0.3 is 66.9 Å². The summed E-state index contributed by atoms with van der Waals surface area (Å²) in [6.07, 6.45) is -8.03. The maximum atomic E-state index is 14.0. The van der Waals surface area contributed by atoms with E-state index in [-0.39, 0.29) is 67.0 Å². The van der Waals surface area contributed by atoms with Crippen molar-refractivity contribution in [1.29, 1.82) is 0 Å². The highest BCUT2D eigenvalue weighted by molar-refractivity contribution is 5.78. The first-order valence-corrected chi connectivity index (χ1v) is 25.8. The van der Waals surface area contributed by atoms with Gasteiger partial charge in [0.2, 0.25) is 12.2 Å². The second-order valence-corrected chi connectivity index (χ2v) is 20.3. The third-order valence-corrected chi connectivity index (χ3v) is 15.5. The molecule has 0 aromatic heterocycles. The summed E-state index contributed by atoms with van der Waals surface area (Å²) in [4.78, 5) is 64.4. The van der Waals surface area contributed by atoms with Gasteiger partial charge in [0.25, 0.3) is 5.79 Å². The first kappa shape index (κ1) is 58.8. The molecule has 0 saturated carbocycles. The maximum absolute atomic E-state index is 14.0. The Morgan fingerprint density at radius 2 is 1.22 bits per heavy atom. The third-order valence-electron chi connectivity index (χ3n) is 15.5. The second kappa shape index (κ2) is 25.9. The van der Waals surface area contributed by atoms with Crippen LogP contribution in [0.2, 0.25) is 0 Å². The van der Waals surface area contributed by atoms with Crippen LogP contribution in [-0.2, 0) is 76.1 Å². The number of nitrogens with one attached hydrogen (secondary N) is 1. The van der Waals surface area contributed by atoms with Crippen molar-refractivity contribution in [3.63, 3.8) is 0 Å². The van der Waals surface area contributed by atoms with Gasteiger partial charge in [-0.25, -0.2) is 4.79 Å². The van der Waals surface area contributed by atoms with E-state index in [2.05, 4.69) is 26.1 Å². The lowest BCUT2D eigenvalue weighted by Crippen LogP contribution is -2.65. The Balaban J connectivity index is 1.43. The van der Waals surface area contributed by atoms with E-state index in [1.54, 1.807) is 14.0 Å². The van der Waals surface area contributed by atoms with Crippen LogP contribution in [0.3, 0.4) is 0 Å². The number of carbonyl (C=O) groups is 5. The van der Waals surface area contributed by atoms with Gasteiger partial charge in [-0.15, -0.1) is 0 Å². The van der Waals surface area contributed by atoms with Crippen LogP contribution in [0.1, 0.15) is 123 Å². The van der Waals surface area contributed by atoms with Gasteiger partial charge in [-0.2, -0.15) is 0 Å². The highest BCUT2D eigenvalue weighted by atomic mass is 16.8. The van der Waals surface area contributed by atoms with E-state index in [1.807, 2.05) is 65.8 Å². The van der Waals surface area contributed by atoms with Crippen LogP contribution in [-0.4, -0.2) is 136 Å². The lowest BCUT2D eigenvalue weighted by Gasteiger charge is -2.51. The fraction of sp³-hybridized carbons (Fsp3) is 0.792. The first-order valence-electron chi connectivity index (χ1n) is 25.8. The predicted octanol–water partition coefficient (Wildman–Crippen LogP) is 6.68. The van der Waals surface area contributed by atoms with Crippen LogP contribution in [0.15, 0.2) is 24.3 Å². The molecule has 4 aliphatic rings. The van der Waals surface area contributed by atoms with Crippen molar-refractivity contribution in [3.8, 4) is 11.5 Å². The number of hydrogen-bond donors (Lipinski definition) is 1. The van der Waals surface area contributed by atoms with E-state index in [4.69, 9.17) is 61.6 Å². The predicted molar refractivity (Wildman–Crippen MR) is 259 cm³/mol. The Labute approximate surface area is 425 Å². The molecule has 1 N–H and O–H groups in total. The van der Waals surface area contributed by atoms with Gasteiger partial charge in [0.15, 0.2) is 24.8 Å². The van der Waals surface area contributed by atoms with E-state index < -0.39 is 109 Å². The summed E-state index contributed by atoms with van der Waals surface area (Å²) in [5.74, 6) is -5.29. The molecule has 4 fully saturated rings. The number of rotatable bonds is 20. The Hall–Kier alpha value is -4.11. The lowest BCUT2D eigenvalue weighted by molar-refractivity contribution is -0.356. The van der Waals surface area contributed by atoms with Gasteiger partial charge in [0, 0.05) is 46.0 Å². The summed E-state index contributed by atoms with van der Waals surface area (Å²) in [5, 5.41) is 3.08. The minimum Gasteiger partial charge on any atom is -0.497 e. The molecule has 0 aliphatic carbocycles. The zero-order chi connectivity index (χ0) is 53.4. The van der Waals surface area contributed by atoms with E-state index >= 15 is 0 Å². The molecule has 4 heterocycles. The summed E-state index contributed by atoms with van der Waals surface area (Å²) in [7, 11) is 2.82. The van der Waals surface area contributed by atoms with E-state index in [9.17, 15) is 24.0 Å². The molecule has 0 radical (unpaired) electrons. The quantitative estimate of drug-likeness (QED) is 0.106. The summed E-state index contributed by atoms with van der Waals surface area (Å²) in [5.41, 5.74) is 0. The number of ether oxygens (including phenoxy) is 13. The molecule has 4 saturated heterocycles. The van der Waals surface area contributed by atoms with Crippen molar-refractivity contribution in [2.75, 3.05) is 20.8 Å². The Bertz CT molecular complexity index is 1950. The van der Waals surface area contributed by atoms with Gasteiger partial charge >= 0.3 is 23.9 Å². The molecular weight excluding hydrogens is 939 g/mol. The number of esters is 4. The molecule has 5 rings (SSSR count). The van der Waals surface area contributed by atoms with Gasteiger partial charge in [-0.05, 0) is 73.1 Å². The fourth-order valence-corrected chi connectivity index (χ4v) is 10.7. The lowest BCUT2D eigenvalue weighted by atomic mass is 9.78. The molecule has 72 heavy (non-hydrogen) atoms. The van der Waals surface area contributed by atoms with Crippen LogP contribution in [0.5, 0.6) is 11.5 Å². The molecule has 19 heteroatoms. The Kier molecular flexibility index (Phi) is 21.1. The van der Waals surface area contributed by atoms with Gasteiger partial charge in [0.1, 0.15) is 29.8 Å². The van der Waals surface area contributed by atoms with Crippen LogP contribution in [0, 0.1) is 41.4 Å². The summed E-state index contributed by atoms with van der Waals surface area (Å²) in [6, 6.07) is 6.50. The van der Waals surface area contributed by atoms with Crippen LogP contribution in [0.25, 0.3) is 0 Å². The minimum atomic E-state index is -2.00. The zero-order valence-corrected chi connectivity index (χ0v) is 45.2. The van der Waals surface area contributed by atoms with E-state index in [0.717, 1.165) is 6.42 Å². The van der Waals surface area contributed by atoms with Crippen molar-refractivity contribution < 1.29 is 85.6 Å². The number of methoxy groups -OCH3 is 2. The molecule has 1 amide bonds. The van der Waals surface area contributed by atoms with Crippen molar-refractivity contribution >= 4 is 29.8 Å². The third kappa shape index (κ3) is 13.8. The fourth-order valence-electron chi connectivity index (χ4n) is 10.7. The number of benzene rings is 1. The average Bonchev–Trinajstić information content (AvgIpc) is 3.33. The Morgan fingerprint density at radius 1 is 0.653 bits per heavy atom.